The van der Waals surface area contributed by atoms with E-state index in [2.05, 4.69) is 13.8 Å². The minimum absolute atomic E-state index is 0.148. The van der Waals surface area contributed by atoms with Crippen molar-refractivity contribution in [2.24, 2.45) is 0 Å². The zero-order chi connectivity index (χ0) is 22.5. The normalized spacial score (nSPS) is 18.8. The Balaban J connectivity index is 1.80. The predicted molar refractivity (Wildman–Crippen MR) is 124 cm³/mol. The minimum atomic E-state index is -0.391. The fraction of sp³-hybridized carbons (Fsp3) is 0.542. The van der Waals surface area contributed by atoms with Gasteiger partial charge in [0.1, 0.15) is 12.3 Å². The molecule has 2 fully saturated rings. The second-order valence-corrected chi connectivity index (χ2v) is 9.39. The van der Waals surface area contributed by atoms with Crippen LogP contribution in [0.2, 0.25) is 0 Å². The Morgan fingerprint density at radius 1 is 1.16 bits per heavy atom. The molecule has 0 spiro atoms. The predicted octanol–water partition coefficient (Wildman–Crippen LogP) is 4.96. The smallest absolute Gasteiger partial charge is 0.294 e. The van der Waals surface area contributed by atoms with Crippen LogP contribution in [0.1, 0.15) is 69.1 Å². The number of rotatable bonds is 6. The van der Waals surface area contributed by atoms with Crippen molar-refractivity contribution in [2.75, 3.05) is 26.2 Å². The number of hydrogen-bond donors (Lipinski definition) is 0. The highest BCUT2D eigenvalue weighted by Crippen LogP contribution is 2.35. The molecule has 2 saturated heterocycles. The van der Waals surface area contributed by atoms with Crippen LogP contribution in [-0.2, 0) is 9.59 Å². The molecule has 1 aromatic carbocycles. The summed E-state index contributed by atoms with van der Waals surface area (Å²) < 4.78 is 5.77. The number of thioether (sulfide) groups is 1. The van der Waals surface area contributed by atoms with Gasteiger partial charge in [-0.05, 0) is 79.3 Å². The van der Waals surface area contributed by atoms with E-state index >= 15 is 0 Å². The van der Waals surface area contributed by atoms with Crippen LogP contribution in [0.25, 0.3) is 6.08 Å². The van der Waals surface area contributed by atoms with E-state index in [0.29, 0.717) is 24.6 Å². The molecule has 3 rings (SSSR count). The van der Waals surface area contributed by atoms with E-state index in [0.717, 1.165) is 64.8 Å². The Hall–Kier alpha value is -2.28. The number of nitrogens with zero attached hydrogens (tertiary/aromatic N) is 2. The summed E-state index contributed by atoms with van der Waals surface area (Å²) in [7, 11) is 0. The first-order chi connectivity index (χ1) is 14.8. The van der Waals surface area contributed by atoms with Crippen LogP contribution < -0.4 is 4.74 Å². The summed E-state index contributed by atoms with van der Waals surface area (Å²) in [5, 5.41) is -0.382. The molecule has 0 saturated carbocycles. The Morgan fingerprint density at radius 2 is 1.84 bits per heavy atom. The summed E-state index contributed by atoms with van der Waals surface area (Å²) in [6, 6.07) is 4.01. The van der Waals surface area contributed by atoms with Crippen molar-refractivity contribution < 1.29 is 19.1 Å². The second-order valence-electron chi connectivity index (χ2n) is 8.40. The van der Waals surface area contributed by atoms with Crippen molar-refractivity contribution in [2.45, 2.75) is 59.3 Å². The molecule has 31 heavy (non-hydrogen) atoms. The first kappa shape index (κ1) is 23.4. The van der Waals surface area contributed by atoms with Crippen molar-refractivity contribution in [3.63, 3.8) is 0 Å². The fourth-order valence-corrected chi connectivity index (χ4v) is 4.77. The number of carbonyl (C=O) groups is 3. The van der Waals surface area contributed by atoms with Gasteiger partial charge in [-0.2, -0.15) is 0 Å². The van der Waals surface area contributed by atoms with Gasteiger partial charge in [-0.1, -0.05) is 26.7 Å². The number of ether oxygens (including phenoxy) is 1. The monoisotopic (exact) mass is 444 g/mol. The lowest BCUT2D eigenvalue weighted by Gasteiger charge is -2.22. The van der Waals surface area contributed by atoms with Crippen LogP contribution in [0.5, 0.6) is 5.75 Å². The van der Waals surface area contributed by atoms with E-state index in [1.165, 1.54) is 0 Å². The van der Waals surface area contributed by atoms with Gasteiger partial charge in [-0.25, -0.2) is 0 Å². The quantitative estimate of drug-likeness (QED) is 0.581. The lowest BCUT2D eigenvalue weighted by molar-refractivity contribution is -0.135. The molecule has 6 nitrogen and oxygen atoms in total. The van der Waals surface area contributed by atoms with Gasteiger partial charge in [-0.3, -0.25) is 19.3 Å². The SMILES string of the molecule is CCOc1cc(C)c(C=C2SC(=O)N(CC(=O)N3CCCCCC3)C2=O)cc1C(C)C. The zero-order valence-electron chi connectivity index (χ0n) is 18.9. The maximum Gasteiger partial charge on any atom is 0.294 e. The molecular weight excluding hydrogens is 412 g/mol. The third-order valence-electron chi connectivity index (χ3n) is 5.73. The molecule has 2 heterocycles. The van der Waals surface area contributed by atoms with Gasteiger partial charge in [0, 0.05) is 13.1 Å². The van der Waals surface area contributed by atoms with Crippen LogP contribution in [0.4, 0.5) is 4.79 Å². The lowest BCUT2D eigenvalue weighted by atomic mass is 9.96. The van der Waals surface area contributed by atoms with E-state index in [1.807, 2.05) is 26.0 Å². The largest absolute Gasteiger partial charge is 0.494 e. The summed E-state index contributed by atoms with van der Waals surface area (Å²) in [5.74, 6) is 0.571. The molecule has 0 N–H and O–H groups in total. The van der Waals surface area contributed by atoms with E-state index < -0.39 is 5.91 Å². The number of hydrogen-bond acceptors (Lipinski definition) is 5. The molecule has 2 aliphatic rings. The highest BCUT2D eigenvalue weighted by molar-refractivity contribution is 8.18. The van der Waals surface area contributed by atoms with Crippen LogP contribution in [-0.4, -0.2) is 53.1 Å². The summed E-state index contributed by atoms with van der Waals surface area (Å²) >= 11 is 0.903. The topological polar surface area (TPSA) is 66.9 Å². The fourth-order valence-electron chi connectivity index (χ4n) is 3.94. The van der Waals surface area contributed by atoms with Crippen molar-refractivity contribution in [1.29, 1.82) is 0 Å². The van der Waals surface area contributed by atoms with Gasteiger partial charge in [-0.15, -0.1) is 0 Å². The number of imide groups is 1. The average molecular weight is 445 g/mol. The molecule has 0 aromatic heterocycles. The second kappa shape index (κ2) is 10.4. The molecule has 168 valence electrons. The highest BCUT2D eigenvalue weighted by atomic mass is 32.2. The summed E-state index contributed by atoms with van der Waals surface area (Å²) in [6.45, 7) is 9.92. The van der Waals surface area contributed by atoms with E-state index in [9.17, 15) is 14.4 Å². The summed E-state index contributed by atoms with van der Waals surface area (Å²) in [6.07, 6.45) is 5.95. The van der Waals surface area contributed by atoms with Crippen molar-refractivity contribution in [3.8, 4) is 5.75 Å². The third-order valence-corrected chi connectivity index (χ3v) is 6.64. The Kier molecular flexibility index (Phi) is 7.81. The molecule has 3 amide bonds. The van der Waals surface area contributed by atoms with Crippen molar-refractivity contribution >= 4 is 34.9 Å². The van der Waals surface area contributed by atoms with Gasteiger partial charge in [0.05, 0.1) is 11.5 Å². The number of carbonyl (C=O) groups excluding carboxylic acids is 3. The number of likely N-dealkylation sites (tertiary alicyclic amines) is 1. The van der Waals surface area contributed by atoms with E-state index in [-0.39, 0.29) is 23.6 Å². The van der Waals surface area contributed by atoms with Crippen LogP contribution in [0.15, 0.2) is 17.0 Å². The number of benzene rings is 1. The molecule has 2 aliphatic heterocycles. The lowest BCUT2D eigenvalue weighted by Crippen LogP contribution is -2.42. The van der Waals surface area contributed by atoms with Gasteiger partial charge in [0.2, 0.25) is 5.91 Å². The molecular formula is C24H32N2O4S. The van der Waals surface area contributed by atoms with Crippen LogP contribution in [0.3, 0.4) is 0 Å². The Morgan fingerprint density at radius 3 is 2.45 bits per heavy atom. The summed E-state index contributed by atoms with van der Waals surface area (Å²) in [4.78, 5) is 41.3. The molecule has 0 aliphatic carbocycles. The minimum Gasteiger partial charge on any atom is -0.494 e. The molecule has 7 heteroatoms. The molecule has 0 unspecified atom stereocenters. The van der Waals surface area contributed by atoms with Gasteiger partial charge in [0.25, 0.3) is 11.1 Å². The average Bonchev–Trinajstić information content (AvgIpc) is 2.92. The number of aryl methyl sites for hydroxylation is 1. The first-order valence-electron chi connectivity index (χ1n) is 11.1. The van der Waals surface area contributed by atoms with Gasteiger partial charge >= 0.3 is 0 Å². The molecule has 0 radical (unpaired) electrons. The third kappa shape index (κ3) is 5.50. The van der Waals surface area contributed by atoms with Gasteiger partial charge in [0.15, 0.2) is 0 Å². The van der Waals surface area contributed by atoms with Crippen LogP contribution >= 0.6 is 11.8 Å². The Bertz CT molecular complexity index is 886. The molecule has 0 bridgehead atoms. The standard InChI is InChI=1S/C24H32N2O4S/c1-5-30-20-12-17(4)18(13-19(20)16(2)3)14-21-23(28)26(24(29)31-21)15-22(27)25-10-8-6-7-9-11-25/h12-14,16H,5-11,15H2,1-4H3. The van der Waals surface area contributed by atoms with Crippen molar-refractivity contribution in [1.82, 2.24) is 9.80 Å². The highest BCUT2D eigenvalue weighted by Gasteiger charge is 2.37. The van der Waals surface area contributed by atoms with Gasteiger partial charge < -0.3 is 9.64 Å². The molecule has 0 atom stereocenters. The zero-order valence-corrected chi connectivity index (χ0v) is 19.7. The van der Waals surface area contributed by atoms with Crippen LogP contribution in [0, 0.1) is 6.92 Å². The van der Waals surface area contributed by atoms with E-state index in [1.54, 1.807) is 11.0 Å². The summed E-state index contributed by atoms with van der Waals surface area (Å²) in [5.41, 5.74) is 2.92. The molecule has 1 aromatic rings. The maximum absolute atomic E-state index is 12.9. The first-order valence-corrected chi connectivity index (χ1v) is 11.9. The number of amides is 3. The maximum atomic E-state index is 12.9. The Labute approximate surface area is 189 Å². The van der Waals surface area contributed by atoms with E-state index in [4.69, 9.17) is 4.74 Å². The van der Waals surface area contributed by atoms with Crippen molar-refractivity contribution in [3.05, 3.63) is 33.7 Å².